The highest BCUT2D eigenvalue weighted by atomic mass is 35.5. The molecule has 0 bridgehead atoms. The molecule has 0 spiro atoms. The Morgan fingerprint density at radius 3 is 2.78 bits per heavy atom. The summed E-state index contributed by atoms with van der Waals surface area (Å²) in [5.74, 6) is 0.494. The van der Waals surface area contributed by atoms with E-state index in [4.69, 9.17) is 22.1 Å². The van der Waals surface area contributed by atoms with Crippen molar-refractivity contribution in [3.63, 3.8) is 0 Å². The number of anilines is 1. The standard InChI is InChI=1S/C19H20ClN5O2/c1-22-9-16(11-4-3-5-12(20)6-11)25-19-15-8-13(27-2)7-14(18(21)26)17(15)23-10-24-19/h3-8,10,16,22H,9H2,1-2H3,(H2,21,26)(H,23,24,25)/t16-/m1/s1. The summed E-state index contributed by atoms with van der Waals surface area (Å²) >= 11 is 6.14. The fourth-order valence-electron chi connectivity index (χ4n) is 2.91. The number of carbonyl (C=O) groups excluding carboxylic acids is 1. The van der Waals surface area contributed by atoms with E-state index in [9.17, 15) is 4.79 Å². The number of methoxy groups -OCH3 is 1. The number of nitrogens with one attached hydrogen (secondary N) is 2. The molecular weight excluding hydrogens is 366 g/mol. The van der Waals surface area contributed by atoms with Gasteiger partial charge in [0.25, 0.3) is 5.91 Å². The van der Waals surface area contributed by atoms with Crippen LogP contribution in [0.5, 0.6) is 5.75 Å². The second kappa shape index (κ2) is 8.20. The zero-order valence-electron chi connectivity index (χ0n) is 15.0. The predicted octanol–water partition coefficient (Wildman–Crippen LogP) is 2.76. The van der Waals surface area contributed by atoms with E-state index in [1.165, 1.54) is 13.4 Å². The molecule has 2 aromatic carbocycles. The van der Waals surface area contributed by atoms with Crippen LogP contribution in [0.3, 0.4) is 0 Å². The first-order valence-electron chi connectivity index (χ1n) is 8.32. The molecule has 0 aliphatic rings. The molecule has 1 atom stereocenters. The lowest BCUT2D eigenvalue weighted by Gasteiger charge is -2.21. The first kappa shape index (κ1) is 18.9. The molecule has 0 radical (unpaired) electrons. The molecule has 7 nitrogen and oxygen atoms in total. The average Bonchev–Trinajstić information content (AvgIpc) is 2.67. The van der Waals surface area contributed by atoms with Crippen molar-refractivity contribution in [2.24, 2.45) is 5.73 Å². The Morgan fingerprint density at radius 2 is 2.11 bits per heavy atom. The van der Waals surface area contributed by atoms with Gasteiger partial charge in [0.2, 0.25) is 0 Å². The lowest BCUT2D eigenvalue weighted by molar-refractivity contribution is 0.100. The Hall–Kier alpha value is -2.90. The summed E-state index contributed by atoms with van der Waals surface area (Å²) in [6, 6.07) is 10.9. The van der Waals surface area contributed by atoms with E-state index < -0.39 is 5.91 Å². The number of carbonyl (C=O) groups is 1. The number of aromatic nitrogens is 2. The van der Waals surface area contributed by atoms with Crippen molar-refractivity contribution < 1.29 is 9.53 Å². The summed E-state index contributed by atoms with van der Waals surface area (Å²) in [5.41, 5.74) is 7.26. The van der Waals surface area contributed by atoms with Gasteiger partial charge in [-0.15, -0.1) is 0 Å². The van der Waals surface area contributed by atoms with Gasteiger partial charge in [-0.3, -0.25) is 4.79 Å². The molecule has 140 valence electrons. The summed E-state index contributed by atoms with van der Waals surface area (Å²) in [6.07, 6.45) is 1.40. The normalized spacial score (nSPS) is 12.0. The third kappa shape index (κ3) is 4.10. The topological polar surface area (TPSA) is 102 Å². The van der Waals surface area contributed by atoms with Gasteiger partial charge in [0.05, 0.1) is 24.2 Å². The van der Waals surface area contributed by atoms with Crippen molar-refractivity contribution >= 4 is 34.2 Å². The Morgan fingerprint density at radius 1 is 1.30 bits per heavy atom. The zero-order valence-corrected chi connectivity index (χ0v) is 15.7. The van der Waals surface area contributed by atoms with Crippen molar-refractivity contribution in [2.45, 2.75) is 6.04 Å². The van der Waals surface area contributed by atoms with E-state index in [0.717, 1.165) is 5.56 Å². The van der Waals surface area contributed by atoms with E-state index in [1.807, 2.05) is 31.3 Å². The van der Waals surface area contributed by atoms with E-state index in [-0.39, 0.29) is 11.6 Å². The maximum Gasteiger partial charge on any atom is 0.251 e. The highest BCUT2D eigenvalue weighted by molar-refractivity contribution is 6.30. The fourth-order valence-corrected chi connectivity index (χ4v) is 3.11. The summed E-state index contributed by atoms with van der Waals surface area (Å²) in [7, 11) is 3.39. The molecule has 4 N–H and O–H groups in total. The fraction of sp³-hybridized carbons (Fsp3) is 0.211. The number of halogens is 1. The van der Waals surface area contributed by atoms with E-state index in [2.05, 4.69) is 20.6 Å². The third-order valence-corrected chi connectivity index (χ3v) is 4.42. The largest absolute Gasteiger partial charge is 0.497 e. The SMILES string of the molecule is CNC[C@@H](Nc1ncnc2c(C(N)=O)cc(OC)cc12)c1cccc(Cl)c1. The molecule has 0 aliphatic heterocycles. The zero-order chi connectivity index (χ0) is 19.4. The number of nitrogens with zero attached hydrogens (tertiary/aromatic N) is 2. The van der Waals surface area contributed by atoms with Crippen molar-refractivity contribution in [3.8, 4) is 5.75 Å². The molecule has 0 fully saturated rings. The Bertz CT molecular complexity index is 979. The lowest BCUT2D eigenvalue weighted by atomic mass is 10.1. The molecular formula is C19H20ClN5O2. The minimum Gasteiger partial charge on any atom is -0.497 e. The minimum atomic E-state index is -0.579. The first-order chi connectivity index (χ1) is 13.0. The molecule has 0 aliphatic carbocycles. The first-order valence-corrected chi connectivity index (χ1v) is 8.70. The number of rotatable bonds is 7. The quantitative estimate of drug-likeness (QED) is 0.578. The molecule has 1 heterocycles. The van der Waals surface area contributed by atoms with Crippen LogP contribution in [0.15, 0.2) is 42.7 Å². The maximum absolute atomic E-state index is 11.8. The molecule has 1 amide bonds. The van der Waals surface area contributed by atoms with Crippen LogP contribution in [-0.4, -0.2) is 36.6 Å². The number of hydrogen-bond donors (Lipinski definition) is 3. The van der Waals surface area contributed by atoms with Crippen molar-refractivity contribution in [3.05, 3.63) is 58.9 Å². The number of likely N-dealkylation sites (N-methyl/N-ethyl adjacent to an activating group) is 1. The number of primary amides is 1. The maximum atomic E-state index is 11.8. The number of fused-ring (bicyclic) bond motifs is 1. The lowest BCUT2D eigenvalue weighted by Crippen LogP contribution is -2.24. The van der Waals surface area contributed by atoms with Gasteiger partial charge in [-0.25, -0.2) is 9.97 Å². The van der Waals surface area contributed by atoms with Gasteiger partial charge in [-0.2, -0.15) is 0 Å². The van der Waals surface area contributed by atoms with E-state index >= 15 is 0 Å². The predicted molar refractivity (Wildman–Crippen MR) is 106 cm³/mol. The van der Waals surface area contributed by atoms with Gasteiger partial charge >= 0.3 is 0 Å². The number of hydrogen-bond acceptors (Lipinski definition) is 6. The van der Waals surface area contributed by atoms with Crippen molar-refractivity contribution in [1.29, 1.82) is 0 Å². The van der Waals surface area contributed by atoms with Gasteiger partial charge in [0.1, 0.15) is 17.9 Å². The van der Waals surface area contributed by atoms with Crippen LogP contribution in [0, 0.1) is 0 Å². The number of nitrogens with two attached hydrogens (primary N) is 1. The second-order valence-corrected chi connectivity index (χ2v) is 6.40. The van der Waals surface area contributed by atoms with Crippen molar-refractivity contribution in [1.82, 2.24) is 15.3 Å². The average molecular weight is 386 g/mol. The Balaban J connectivity index is 2.09. The highest BCUT2D eigenvalue weighted by Gasteiger charge is 2.17. The van der Waals surface area contributed by atoms with Gasteiger partial charge in [0.15, 0.2) is 0 Å². The highest BCUT2D eigenvalue weighted by Crippen LogP contribution is 2.30. The molecule has 27 heavy (non-hydrogen) atoms. The summed E-state index contributed by atoms with van der Waals surface area (Å²) < 4.78 is 5.30. The summed E-state index contributed by atoms with van der Waals surface area (Å²) in [6.45, 7) is 0.637. The number of amides is 1. The molecule has 8 heteroatoms. The van der Waals surface area contributed by atoms with Crippen LogP contribution in [0.2, 0.25) is 5.02 Å². The van der Waals surface area contributed by atoms with Crippen LogP contribution < -0.4 is 21.1 Å². The van der Waals surface area contributed by atoms with E-state index in [0.29, 0.717) is 34.0 Å². The van der Waals surface area contributed by atoms with Crippen LogP contribution in [0.4, 0.5) is 5.82 Å². The van der Waals surface area contributed by atoms with Gasteiger partial charge in [-0.1, -0.05) is 23.7 Å². The van der Waals surface area contributed by atoms with Crippen LogP contribution in [0.25, 0.3) is 10.9 Å². The smallest absolute Gasteiger partial charge is 0.251 e. The number of benzene rings is 2. The molecule has 0 unspecified atom stereocenters. The minimum absolute atomic E-state index is 0.102. The van der Waals surface area contributed by atoms with E-state index in [1.54, 1.807) is 12.1 Å². The van der Waals surface area contributed by atoms with Gasteiger partial charge in [0, 0.05) is 17.0 Å². The second-order valence-electron chi connectivity index (χ2n) is 5.97. The summed E-state index contributed by atoms with van der Waals surface area (Å²) in [4.78, 5) is 20.4. The molecule has 3 aromatic rings. The molecule has 3 rings (SSSR count). The monoisotopic (exact) mass is 385 g/mol. The third-order valence-electron chi connectivity index (χ3n) is 4.18. The van der Waals surface area contributed by atoms with Crippen LogP contribution in [0.1, 0.15) is 22.0 Å². The molecule has 0 saturated heterocycles. The number of ether oxygens (including phenoxy) is 1. The molecule has 0 saturated carbocycles. The summed E-state index contributed by atoms with van der Waals surface area (Å²) in [5, 5.41) is 7.86. The van der Waals surface area contributed by atoms with Gasteiger partial charge < -0.3 is 21.1 Å². The Kier molecular flexibility index (Phi) is 5.73. The Labute approximate surface area is 161 Å². The molecule has 1 aromatic heterocycles. The van der Waals surface area contributed by atoms with Crippen molar-refractivity contribution in [2.75, 3.05) is 26.0 Å². The van der Waals surface area contributed by atoms with Gasteiger partial charge in [-0.05, 0) is 36.9 Å². The van der Waals surface area contributed by atoms with Crippen LogP contribution in [-0.2, 0) is 0 Å². The van der Waals surface area contributed by atoms with Crippen LogP contribution >= 0.6 is 11.6 Å².